The van der Waals surface area contributed by atoms with Gasteiger partial charge in [-0.05, 0) is 80.5 Å². The van der Waals surface area contributed by atoms with Crippen molar-refractivity contribution in [2.75, 3.05) is 62.3 Å². The molecule has 3 aromatic rings. The predicted octanol–water partition coefficient (Wildman–Crippen LogP) is -10.1. The van der Waals surface area contributed by atoms with Crippen LogP contribution in [0.2, 0.25) is 0 Å². The summed E-state index contributed by atoms with van der Waals surface area (Å²) in [6, 6.07) is -8.41. The second kappa shape index (κ2) is 56.0. The van der Waals surface area contributed by atoms with E-state index in [1.54, 1.807) is 91.0 Å². The van der Waals surface area contributed by atoms with Gasteiger partial charge < -0.3 is 144 Å². The largest absolute Gasteiger partial charge is 0.480 e. The van der Waals surface area contributed by atoms with Crippen LogP contribution in [0.25, 0.3) is 0 Å². The lowest BCUT2D eigenvalue weighted by molar-refractivity contribution is -0.152. The fourth-order valence-electron chi connectivity index (χ4n) is 15.6. The number of hydrogen-bond donors (Lipinski definition) is 27. The molecular weight excluding hydrogens is 1920 g/mol. The van der Waals surface area contributed by atoms with Crippen molar-refractivity contribution in [3.05, 3.63) is 108 Å². The zero-order chi connectivity index (χ0) is 104. The molecule has 6 bridgehead atoms. The van der Waals surface area contributed by atoms with Crippen LogP contribution in [0.3, 0.4) is 0 Å². The molecule has 1 unspecified atom stereocenters. The van der Waals surface area contributed by atoms with Crippen molar-refractivity contribution in [3.8, 4) is 0 Å². The number of thioether (sulfide) groups is 3. The van der Waals surface area contributed by atoms with Gasteiger partial charge in [-0.1, -0.05) is 119 Å². The lowest BCUT2D eigenvalue weighted by atomic mass is 10.00. The Balaban J connectivity index is 1.43. The molecule has 50 nitrogen and oxygen atoms in total. The van der Waals surface area contributed by atoms with Crippen LogP contribution in [0.1, 0.15) is 109 Å². The van der Waals surface area contributed by atoms with E-state index in [0.717, 1.165) is 0 Å². The molecule has 31 N–H and O–H groups in total. The number of carbonyl (C=O) groups is 22. The molecule has 0 radical (unpaired) electrons. The number of amides is 20. The number of nitrogens with one attached hydrogen (secondary N) is 20. The van der Waals surface area contributed by atoms with Gasteiger partial charge in [0, 0.05) is 78.8 Å². The Morgan fingerprint density at radius 2 is 0.915 bits per heavy atom. The predicted molar refractivity (Wildman–Crippen MR) is 514 cm³/mol. The number of aliphatic hydroxyl groups is 1. The first-order valence-corrected chi connectivity index (χ1v) is 49.3. The molecule has 20 amide bonds. The van der Waals surface area contributed by atoms with E-state index in [9.17, 15) is 68.1 Å². The molecule has 5 saturated heterocycles. The van der Waals surface area contributed by atoms with Crippen molar-refractivity contribution in [2.45, 2.75) is 230 Å². The topological polar surface area (TPSA) is 796 Å². The van der Waals surface area contributed by atoms with Gasteiger partial charge in [0.15, 0.2) is 12.1 Å². The highest BCUT2D eigenvalue weighted by Gasteiger charge is 2.45. The number of nitrogens with two attached hydrogens (primary N) is 4. The van der Waals surface area contributed by atoms with Crippen LogP contribution >= 0.6 is 35.3 Å². The first-order valence-electron chi connectivity index (χ1n) is 46.0. The molecule has 0 aliphatic carbocycles. The van der Waals surface area contributed by atoms with Gasteiger partial charge in [-0.2, -0.15) is 35.3 Å². The van der Waals surface area contributed by atoms with Gasteiger partial charge >= 0.3 is 11.9 Å². The third-order valence-electron chi connectivity index (χ3n) is 23.5. The molecule has 5 heterocycles. The van der Waals surface area contributed by atoms with E-state index in [2.05, 4.69) is 90.4 Å². The molecule has 0 saturated carbocycles. The zero-order valence-electron chi connectivity index (χ0n) is 78.4. The molecule has 8 rings (SSSR count). The van der Waals surface area contributed by atoms with Crippen molar-refractivity contribution in [3.63, 3.8) is 0 Å². The van der Waals surface area contributed by atoms with Gasteiger partial charge in [-0.3, -0.25) is 101 Å². The average Bonchev–Trinajstić information content (AvgIpc) is 1.71. The number of aliphatic hydroxyl groups excluding tert-OH is 1. The number of guanidine groups is 1. The molecule has 774 valence electrons. The zero-order valence-corrected chi connectivity index (χ0v) is 80.8. The molecule has 3 aromatic carbocycles. The number of hydrogen-bond acceptors (Lipinski definition) is 29. The highest BCUT2D eigenvalue weighted by atomic mass is 32.2. The minimum Gasteiger partial charge on any atom is -0.480 e. The summed E-state index contributed by atoms with van der Waals surface area (Å²) in [5, 5.41) is 85.1. The van der Waals surface area contributed by atoms with E-state index in [4.69, 9.17) is 28.3 Å². The van der Waals surface area contributed by atoms with Gasteiger partial charge in [0.2, 0.25) is 118 Å². The maximum absolute atomic E-state index is 16.2. The Hall–Kier alpha value is -13.8. The Bertz CT molecular complexity index is 5060. The molecule has 0 spiro atoms. The second-order valence-corrected chi connectivity index (χ2v) is 38.8. The first-order chi connectivity index (χ1) is 67.4. The highest BCUT2D eigenvalue weighted by Crippen LogP contribution is 2.24. The van der Waals surface area contributed by atoms with E-state index in [0.29, 0.717) is 52.0 Å². The number of nitrogens with zero attached hydrogens (tertiary/aromatic N) is 1. The number of primary amides is 2. The van der Waals surface area contributed by atoms with Crippen LogP contribution in [-0.4, -0.2) is 338 Å². The minimum absolute atomic E-state index is 0.0274. The summed E-state index contributed by atoms with van der Waals surface area (Å²) in [6.07, 6.45) is -7.39. The molecule has 53 heteroatoms. The fraction of sp³-hybridized carbons (Fsp3) is 0.539. The number of rotatable bonds is 19. The van der Waals surface area contributed by atoms with Crippen LogP contribution < -0.4 is 124 Å². The van der Waals surface area contributed by atoms with E-state index in [1.807, 2.05) is 10.6 Å². The normalized spacial score (nSPS) is 28.0. The minimum atomic E-state index is -2.99. The summed E-state index contributed by atoms with van der Waals surface area (Å²) >= 11 is 1.81. The second-order valence-electron chi connectivity index (χ2n) is 34.9. The van der Waals surface area contributed by atoms with E-state index in [-0.39, 0.29) is 71.0 Å². The number of aliphatic carboxylic acids is 2. The van der Waals surface area contributed by atoms with E-state index in [1.165, 1.54) is 32.6 Å². The smallest absolute Gasteiger partial charge is 0.335 e. The monoisotopic (exact) mass is 2040 g/mol. The Labute approximate surface area is 828 Å². The molecule has 0 aromatic heterocycles. The van der Waals surface area contributed by atoms with E-state index < -0.39 is 336 Å². The number of carbonyl (C=O) groups excluding carboxylic acids is 20. The third kappa shape index (κ3) is 35.8. The lowest BCUT2D eigenvalue weighted by Crippen LogP contribution is -2.64. The van der Waals surface area contributed by atoms with Crippen molar-refractivity contribution in [1.82, 2.24) is 106 Å². The molecule has 5 aliphatic heterocycles. The van der Waals surface area contributed by atoms with Crippen molar-refractivity contribution < 1.29 is 121 Å². The van der Waals surface area contributed by atoms with Gasteiger partial charge in [-0.25, -0.2) is 9.59 Å². The molecule has 5 fully saturated rings. The summed E-state index contributed by atoms with van der Waals surface area (Å²) in [5.74, 6) is -33.2. The van der Waals surface area contributed by atoms with Crippen LogP contribution in [0.4, 0.5) is 0 Å². The third-order valence-corrected chi connectivity index (χ3v) is 27.3. The Morgan fingerprint density at radius 3 is 1.47 bits per heavy atom. The van der Waals surface area contributed by atoms with E-state index >= 15 is 52.7 Å². The van der Waals surface area contributed by atoms with Crippen LogP contribution in [0.15, 0.2) is 91.0 Å². The fourth-order valence-corrected chi connectivity index (χ4v) is 18.8. The summed E-state index contributed by atoms with van der Waals surface area (Å²) in [4.78, 5) is 327. The van der Waals surface area contributed by atoms with Gasteiger partial charge in [0.25, 0.3) is 0 Å². The standard InChI is InChI=1S/C89H125N25O25S3/c1-43(2)66-84(133)109-59-41-140-40-58-79(128)108-60-42-142-45(4)68(86(135)105-55(75(124)110-66)34-48-22-12-7-13-23-48)111-76(125)54(33-47-20-10-6-11-21-47)104-82(131)61-26-17-31-114(61)65(118)38-98-72(121)53(32-46-18-8-5-9-19-46)103-78(127)57(106-80(60)129)36-95-29-15-14-24-52(87(136)137)102-85(134)67(112-77(126)56(35-63(92)116)99-64(117)37-97-83(132)69(113-81(59)130)70(119)88(138)139)44(3)141-39-49(90)71(120)100-50(25-16-30-96-89(93)94)73(122)101-51(74(123)107-58)27-28-62(91)115/h5-13,18-23,43-45,49-61,66-70,95,119H,14-17,24-42,90H2,1-4H3,(H2,91,115)(H2,92,116)(H,97,132)(H,98,121)(H,99,117)(H,100,120)(H,101,122)(H,102,134)(H,103,127)(H,104,131)(H,105,135)(H,106,129)(H,107,123)(H,108,128)(H,109,133)(H,110,124)(H,111,125)(H,112,126)(H,113,130)(H,136,137)(H,138,139)(H4,93,94,96)/t44-,45-,49-,50-,51-,52-,53-,54-,55-,56-,57?,58+,59-,60-,61-,66-,67+,68+,69-,70+/m0/s1. The Morgan fingerprint density at radius 1 is 0.458 bits per heavy atom. The van der Waals surface area contributed by atoms with Crippen LogP contribution in [0, 0.1) is 11.3 Å². The molecule has 5 aliphatic rings. The average molecular weight is 2040 g/mol. The SMILES string of the molecule is CC(C)[C@@H]1NC(=O)[C@H](Cc2ccccc2)NC(=O)[C@@H]2NC(=O)[C@H](Cc3ccccc3)NC(=O)[C@@H]3CCCN3C(=O)CNC(=O)[C@H](Cc3ccccc3)NC(=O)C3CNCCCC[C@@H](C(=O)O)NC(=O)[C@@H]4NC(=O)[C@H](CC(N)=O)NC(=O)CNC(=O)[C@H]([C@@H](O)C(=O)O)NC(=O)[C@H](CSC[C@@H](NC(=O)[C@H](CCC(N)=O)NC(=O)[C@H](CCCNC(=N)N)NC(=O)[C@@H](N)CS[C@H]4C)C(=O)N[C@@H](CS[C@H]2C)C(=O)N3)NC1=O. The van der Waals surface area contributed by atoms with Crippen molar-refractivity contribution >= 4 is 171 Å². The number of benzene rings is 3. The summed E-state index contributed by atoms with van der Waals surface area (Å²) in [5.41, 5.74) is 24.6. The van der Waals surface area contributed by atoms with Crippen LogP contribution in [-0.2, 0) is 125 Å². The number of carboxylic acid groups (broad SMARTS) is 2. The van der Waals surface area contributed by atoms with Crippen molar-refractivity contribution in [1.29, 1.82) is 5.41 Å². The molecule has 20 atom stereocenters. The summed E-state index contributed by atoms with van der Waals surface area (Å²) in [6.45, 7) is 2.41. The number of fused-ring (bicyclic) bond motifs is 22. The summed E-state index contributed by atoms with van der Waals surface area (Å²) in [7, 11) is 0. The molecule has 142 heavy (non-hydrogen) atoms. The van der Waals surface area contributed by atoms with Gasteiger partial charge in [0.05, 0.1) is 25.6 Å². The van der Waals surface area contributed by atoms with Gasteiger partial charge in [-0.15, -0.1) is 0 Å². The summed E-state index contributed by atoms with van der Waals surface area (Å²) < 4.78 is 0. The van der Waals surface area contributed by atoms with Crippen LogP contribution in [0.5, 0.6) is 0 Å². The van der Waals surface area contributed by atoms with Gasteiger partial charge in [0.1, 0.15) is 96.7 Å². The first kappa shape index (κ1) is 113. The Kier molecular flexibility index (Phi) is 44.8. The van der Waals surface area contributed by atoms with Crippen molar-refractivity contribution in [2.24, 2.45) is 28.9 Å². The maximum atomic E-state index is 16.2. The molecular formula is C89H125N25O25S3. The lowest BCUT2D eigenvalue weighted by Gasteiger charge is -2.32. The number of carboxylic acids is 2. The quantitative estimate of drug-likeness (QED) is 0.0229. The maximum Gasteiger partial charge on any atom is 0.335 e. The highest BCUT2D eigenvalue weighted by molar-refractivity contribution is 8.00.